The normalized spacial score (nSPS) is 11.6. The molecule has 0 bridgehead atoms. The first kappa shape index (κ1) is 20.3. The Morgan fingerprint density at radius 3 is 2.30 bits per heavy atom. The van der Waals surface area contributed by atoms with E-state index in [-0.39, 0.29) is 20.3 Å². The van der Waals surface area contributed by atoms with Crippen molar-refractivity contribution in [2.24, 2.45) is 0 Å². The first-order valence-corrected chi connectivity index (χ1v) is 10.6. The highest BCUT2D eigenvalue weighted by Gasteiger charge is 2.25. The first-order valence-electron chi connectivity index (χ1n) is 8.74. The van der Waals surface area contributed by atoms with Gasteiger partial charge >= 0.3 is 0 Å². The van der Waals surface area contributed by atoms with Crippen LogP contribution in [0.4, 0.5) is 8.78 Å². The second-order valence-electron chi connectivity index (χ2n) is 6.47. The second kappa shape index (κ2) is 7.66. The number of rotatable bonds is 4. The molecule has 0 saturated carbocycles. The van der Waals surface area contributed by atoms with Gasteiger partial charge in [-0.1, -0.05) is 23.7 Å². The lowest BCUT2D eigenvalue weighted by Crippen LogP contribution is -2.06. The molecule has 0 N–H and O–H groups in total. The monoisotopic (exact) mass is 445 g/mol. The van der Waals surface area contributed by atoms with E-state index >= 15 is 0 Å². The Morgan fingerprint density at radius 1 is 0.933 bits per heavy atom. The van der Waals surface area contributed by atoms with Gasteiger partial charge in [-0.15, -0.1) is 0 Å². The summed E-state index contributed by atoms with van der Waals surface area (Å²) < 4.78 is 59.2. The minimum Gasteiger partial charge on any atom is -0.495 e. The number of hydrogen-bond acceptors (Lipinski definition) is 4. The average molecular weight is 446 g/mol. The maximum atomic E-state index is 13.7. The lowest BCUT2D eigenvalue weighted by Gasteiger charge is -2.14. The van der Waals surface area contributed by atoms with Crippen molar-refractivity contribution in [3.8, 4) is 16.9 Å². The number of halogens is 3. The van der Waals surface area contributed by atoms with E-state index < -0.39 is 21.5 Å². The number of aromatic nitrogens is 1. The van der Waals surface area contributed by atoms with Crippen LogP contribution in [0.25, 0.3) is 22.0 Å². The van der Waals surface area contributed by atoms with Crippen LogP contribution in [-0.2, 0) is 9.84 Å². The molecule has 0 amide bonds. The van der Waals surface area contributed by atoms with Gasteiger partial charge in [0.1, 0.15) is 17.4 Å². The molecule has 30 heavy (non-hydrogen) atoms. The summed E-state index contributed by atoms with van der Waals surface area (Å²) in [6, 6.07) is 13.4. The molecule has 8 heteroatoms. The summed E-state index contributed by atoms with van der Waals surface area (Å²) in [5.41, 5.74) is 1.03. The van der Waals surface area contributed by atoms with E-state index in [1.807, 2.05) is 0 Å². The lowest BCUT2D eigenvalue weighted by atomic mass is 10.0. The van der Waals surface area contributed by atoms with Gasteiger partial charge in [-0.3, -0.25) is 4.98 Å². The molecule has 0 fully saturated rings. The Balaban J connectivity index is 2.03. The summed E-state index contributed by atoms with van der Waals surface area (Å²) in [6.45, 7) is 0. The van der Waals surface area contributed by atoms with Crippen molar-refractivity contribution in [1.82, 2.24) is 4.98 Å². The van der Waals surface area contributed by atoms with E-state index in [4.69, 9.17) is 16.3 Å². The Labute approximate surface area is 176 Å². The van der Waals surface area contributed by atoms with Crippen molar-refractivity contribution in [2.75, 3.05) is 7.11 Å². The number of ether oxygens (including phenoxy) is 1. The summed E-state index contributed by atoms with van der Waals surface area (Å²) in [5, 5.41) is 0.557. The molecular formula is C22H14ClF2NO3S. The van der Waals surface area contributed by atoms with E-state index in [2.05, 4.69) is 4.98 Å². The van der Waals surface area contributed by atoms with E-state index in [0.717, 1.165) is 0 Å². The summed E-state index contributed by atoms with van der Waals surface area (Å²) in [4.78, 5) is 3.98. The number of hydrogen-bond donors (Lipinski definition) is 0. The molecule has 3 aromatic carbocycles. The zero-order valence-corrected chi connectivity index (χ0v) is 17.1. The highest BCUT2D eigenvalue weighted by Crippen LogP contribution is 2.38. The van der Waals surface area contributed by atoms with Crippen molar-refractivity contribution in [2.45, 2.75) is 9.79 Å². The summed E-state index contributed by atoms with van der Waals surface area (Å²) in [7, 11) is -2.64. The largest absolute Gasteiger partial charge is 0.495 e. The maximum Gasteiger partial charge on any atom is 0.208 e. The van der Waals surface area contributed by atoms with E-state index in [1.54, 1.807) is 0 Å². The molecule has 4 aromatic rings. The molecule has 4 nitrogen and oxygen atoms in total. The Bertz CT molecular complexity index is 1370. The molecule has 0 radical (unpaired) electrons. The average Bonchev–Trinajstić information content (AvgIpc) is 2.73. The zero-order chi connectivity index (χ0) is 21.5. The van der Waals surface area contributed by atoms with Crippen LogP contribution in [0, 0.1) is 11.6 Å². The smallest absolute Gasteiger partial charge is 0.208 e. The summed E-state index contributed by atoms with van der Waals surface area (Å²) in [5.74, 6) is -0.631. The molecule has 0 spiro atoms. The lowest BCUT2D eigenvalue weighted by molar-refractivity contribution is 0.414. The molecule has 0 aliphatic rings. The SMILES string of the molecule is COc1ccc(S(=O)(=O)c2cnc3cc(F)ccc3c2-c2ccc(F)cc2)cc1Cl. The van der Waals surface area contributed by atoms with Gasteiger partial charge in [-0.05, 0) is 48.0 Å². The molecule has 152 valence electrons. The fraction of sp³-hybridized carbons (Fsp3) is 0.0455. The van der Waals surface area contributed by atoms with Crippen molar-refractivity contribution in [3.63, 3.8) is 0 Å². The van der Waals surface area contributed by atoms with Crippen LogP contribution in [-0.4, -0.2) is 20.5 Å². The number of pyridine rings is 1. The number of benzene rings is 3. The molecular weight excluding hydrogens is 432 g/mol. The topological polar surface area (TPSA) is 56.3 Å². The number of fused-ring (bicyclic) bond motifs is 1. The zero-order valence-electron chi connectivity index (χ0n) is 15.6. The highest BCUT2D eigenvalue weighted by molar-refractivity contribution is 7.91. The van der Waals surface area contributed by atoms with Crippen LogP contribution < -0.4 is 4.74 Å². The fourth-order valence-corrected chi connectivity index (χ4v) is 4.99. The number of sulfone groups is 1. The fourth-order valence-electron chi connectivity index (χ4n) is 3.21. The minimum atomic E-state index is -4.07. The molecule has 0 aliphatic heterocycles. The van der Waals surface area contributed by atoms with Crippen molar-refractivity contribution < 1.29 is 21.9 Å². The molecule has 0 unspecified atom stereocenters. The summed E-state index contributed by atoms with van der Waals surface area (Å²) >= 11 is 6.12. The number of methoxy groups -OCH3 is 1. The molecule has 0 saturated heterocycles. The Morgan fingerprint density at radius 2 is 1.63 bits per heavy atom. The van der Waals surface area contributed by atoms with Crippen LogP contribution >= 0.6 is 11.6 Å². The van der Waals surface area contributed by atoms with Crippen LogP contribution in [0.5, 0.6) is 5.75 Å². The quantitative estimate of drug-likeness (QED) is 0.406. The molecule has 1 heterocycles. The van der Waals surface area contributed by atoms with Gasteiger partial charge in [0.2, 0.25) is 9.84 Å². The van der Waals surface area contributed by atoms with Crippen LogP contribution in [0.3, 0.4) is 0 Å². The molecule has 4 rings (SSSR count). The van der Waals surface area contributed by atoms with Crippen molar-refractivity contribution >= 4 is 32.3 Å². The van der Waals surface area contributed by atoms with Gasteiger partial charge in [0.15, 0.2) is 0 Å². The van der Waals surface area contributed by atoms with Gasteiger partial charge in [-0.25, -0.2) is 17.2 Å². The summed E-state index contributed by atoms with van der Waals surface area (Å²) in [6.07, 6.45) is 1.17. The van der Waals surface area contributed by atoms with Gasteiger partial charge in [0.05, 0.1) is 27.4 Å². The second-order valence-corrected chi connectivity index (χ2v) is 8.79. The molecule has 1 aromatic heterocycles. The Kier molecular flexibility index (Phi) is 5.17. The van der Waals surface area contributed by atoms with Crippen LogP contribution in [0.2, 0.25) is 5.02 Å². The standard InChI is InChI=1S/C22H14ClF2NO3S/c1-29-20-9-7-16(11-18(20)23)30(27,28)21-12-26-19-10-15(25)6-8-17(19)22(21)13-2-4-14(24)5-3-13/h2-12H,1H3. The van der Waals surface area contributed by atoms with Crippen molar-refractivity contribution in [3.05, 3.63) is 83.5 Å². The Hall–Kier alpha value is -3.03. The van der Waals surface area contributed by atoms with E-state index in [0.29, 0.717) is 22.3 Å². The minimum absolute atomic E-state index is 0.0556. The third-order valence-corrected chi connectivity index (χ3v) is 6.71. The molecule has 0 atom stereocenters. The maximum absolute atomic E-state index is 13.7. The highest BCUT2D eigenvalue weighted by atomic mass is 35.5. The van der Waals surface area contributed by atoms with Gasteiger partial charge < -0.3 is 4.74 Å². The van der Waals surface area contributed by atoms with Gasteiger partial charge in [-0.2, -0.15) is 0 Å². The van der Waals surface area contributed by atoms with Gasteiger partial charge in [0, 0.05) is 23.2 Å². The predicted octanol–water partition coefficient (Wildman–Crippen LogP) is 5.67. The van der Waals surface area contributed by atoms with Crippen LogP contribution in [0.15, 0.2) is 76.7 Å². The predicted molar refractivity (Wildman–Crippen MR) is 111 cm³/mol. The van der Waals surface area contributed by atoms with E-state index in [1.165, 1.54) is 74.0 Å². The molecule has 0 aliphatic carbocycles. The number of nitrogens with zero attached hydrogens (tertiary/aromatic N) is 1. The first-order chi connectivity index (χ1) is 14.3. The van der Waals surface area contributed by atoms with Crippen LogP contribution in [0.1, 0.15) is 0 Å². The third kappa shape index (κ3) is 3.51. The van der Waals surface area contributed by atoms with Gasteiger partial charge in [0.25, 0.3) is 0 Å². The van der Waals surface area contributed by atoms with Crippen molar-refractivity contribution in [1.29, 1.82) is 0 Å². The third-order valence-electron chi connectivity index (χ3n) is 4.65. The van der Waals surface area contributed by atoms with E-state index in [9.17, 15) is 17.2 Å².